The molecule has 2 nitrogen and oxygen atoms in total. The number of allylic oxidation sites excluding steroid dienone is 4. The minimum Gasteiger partial charge on any atom is -0.393 e. The van der Waals surface area contributed by atoms with Crippen molar-refractivity contribution in [1.82, 2.24) is 0 Å². The Hall–Kier alpha value is -0.310. The van der Waals surface area contributed by atoms with Crippen LogP contribution in [0.4, 0.5) is 0 Å². The molecule has 0 aromatic heterocycles. The summed E-state index contributed by atoms with van der Waals surface area (Å²) in [4.78, 5) is 0. The van der Waals surface area contributed by atoms with Crippen molar-refractivity contribution in [2.75, 3.05) is 0 Å². The van der Waals surface area contributed by atoms with Gasteiger partial charge in [0.15, 0.2) is 0 Å². The van der Waals surface area contributed by atoms with Crippen LogP contribution < -0.4 is 0 Å². The van der Waals surface area contributed by atoms with Gasteiger partial charge in [-0.15, -0.1) is 11.6 Å². The zero-order chi connectivity index (χ0) is 21.8. The maximum Gasteiger partial charge on any atom is 0.0731 e. The topological polar surface area (TPSA) is 40.5 Å². The van der Waals surface area contributed by atoms with Crippen molar-refractivity contribution < 1.29 is 10.2 Å². The van der Waals surface area contributed by atoms with E-state index < -0.39 is 6.10 Å². The molecule has 0 spiro atoms. The number of hydrogen-bond acceptors (Lipinski definition) is 2. The zero-order valence-corrected chi connectivity index (χ0v) is 20.5. The highest BCUT2D eigenvalue weighted by Crippen LogP contribution is 2.64. The van der Waals surface area contributed by atoms with Crippen molar-refractivity contribution in [2.45, 2.75) is 110 Å². The quantitative estimate of drug-likeness (QED) is 0.476. The molecule has 3 heteroatoms. The number of rotatable bonds is 5. The van der Waals surface area contributed by atoms with Crippen LogP contribution in [0.25, 0.3) is 0 Å². The highest BCUT2D eigenvalue weighted by molar-refractivity contribution is 6.21. The Kier molecular flexibility index (Phi) is 6.28. The molecule has 170 valence electrons. The summed E-state index contributed by atoms with van der Waals surface area (Å²) in [5, 5.41) is 20.8. The SMILES string of the molecule is CCC(C)[C@H](O)[C@H](Cl)C(C)[C@H]1CC=C2C3=C(CC[C@@]21C)[C@@]1(C)CC[C@H](O)C[C@@H]1CC3. The first-order valence-corrected chi connectivity index (χ1v) is 13.0. The van der Waals surface area contributed by atoms with Crippen LogP contribution in [0, 0.1) is 34.5 Å². The fraction of sp³-hybridized carbons (Fsp3) is 0.852. The molecule has 0 amide bonds. The van der Waals surface area contributed by atoms with E-state index in [2.05, 4.69) is 40.7 Å². The molecule has 0 aromatic carbocycles. The molecule has 4 aliphatic carbocycles. The number of hydrogen-bond donors (Lipinski definition) is 2. The second kappa shape index (κ2) is 8.23. The van der Waals surface area contributed by atoms with Gasteiger partial charge in [0.1, 0.15) is 0 Å². The van der Waals surface area contributed by atoms with Gasteiger partial charge < -0.3 is 10.2 Å². The standard InChI is InChI=1S/C27H43ClO2/c1-6-16(2)25(30)24(28)17(3)21-9-10-22-20-8-7-18-15-19(29)11-13-26(18,4)23(20)12-14-27(21,22)5/h10,16-19,21,24-25,29-30H,6-9,11-15H2,1-5H3/t16?,17?,18-,19-,21+,24+,25-,26-,27+/m0/s1. The molecule has 2 unspecified atom stereocenters. The van der Waals surface area contributed by atoms with Crippen molar-refractivity contribution in [3.63, 3.8) is 0 Å². The molecule has 0 bridgehead atoms. The van der Waals surface area contributed by atoms with Crippen LogP contribution in [0.3, 0.4) is 0 Å². The summed E-state index contributed by atoms with van der Waals surface area (Å²) in [5.74, 6) is 1.71. The lowest BCUT2D eigenvalue weighted by atomic mass is 9.51. The Labute approximate surface area is 189 Å². The Balaban J connectivity index is 1.59. The van der Waals surface area contributed by atoms with Crippen molar-refractivity contribution in [2.24, 2.45) is 34.5 Å². The lowest BCUT2D eigenvalue weighted by Crippen LogP contribution is -2.45. The normalized spacial score (nSPS) is 42.5. The predicted octanol–water partition coefficient (Wildman–Crippen LogP) is 6.64. The first-order chi connectivity index (χ1) is 14.1. The summed E-state index contributed by atoms with van der Waals surface area (Å²) in [6, 6.07) is 0. The first-order valence-electron chi connectivity index (χ1n) is 12.6. The molecule has 0 saturated heterocycles. The average Bonchev–Trinajstić information content (AvgIpc) is 3.09. The van der Waals surface area contributed by atoms with Gasteiger partial charge in [0.25, 0.3) is 0 Å². The molecule has 0 radical (unpaired) electrons. The van der Waals surface area contributed by atoms with Crippen LogP contribution in [0.2, 0.25) is 0 Å². The van der Waals surface area contributed by atoms with Crippen LogP contribution in [-0.2, 0) is 0 Å². The summed E-state index contributed by atoms with van der Waals surface area (Å²) in [6.45, 7) is 11.5. The third kappa shape index (κ3) is 3.44. The van der Waals surface area contributed by atoms with Crippen molar-refractivity contribution in [3.05, 3.63) is 22.8 Å². The molecule has 0 aromatic rings. The van der Waals surface area contributed by atoms with Gasteiger partial charge in [-0.1, -0.05) is 52.7 Å². The molecule has 2 N–H and O–H groups in total. The van der Waals surface area contributed by atoms with Gasteiger partial charge in [-0.05, 0) is 97.0 Å². The number of aliphatic hydroxyl groups excluding tert-OH is 2. The maximum atomic E-state index is 10.8. The molecule has 4 rings (SSSR count). The van der Waals surface area contributed by atoms with E-state index >= 15 is 0 Å². The van der Waals surface area contributed by atoms with Crippen LogP contribution in [-0.4, -0.2) is 27.8 Å². The lowest BCUT2D eigenvalue weighted by Gasteiger charge is -2.54. The molecule has 0 heterocycles. The molecule has 9 atom stereocenters. The Morgan fingerprint density at radius 3 is 2.57 bits per heavy atom. The molecule has 0 aliphatic heterocycles. The van der Waals surface area contributed by atoms with E-state index in [4.69, 9.17) is 11.6 Å². The van der Waals surface area contributed by atoms with E-state index in [1.807, 2.05) is 0 Å². The number of alkyl halides is 1. The van der Waals surface area contributed by atoms with Crippen molar-refractivity contribution in [1.29, 1.82) is 0 Å². The first kappa shape index (κ1) is 22.9. The zero-order valence-electron chi connectivity index (χ0n) is 19.8. The smallest absolute Gasteiger partial charge is 0.0731 e. The van der Waals surface area contributed by atoms with Crippen molar-refractivity contribution in [3.8, 4) is 0 Å². The average molecular weight is 435 g/mol. The summed E-state index contributed by atoms with van der Waals surface area (Å²) >= 11 is 6.88. The Morgan fingerprint density at radius 2 is 1.87 bits per heavy atom. The van der Waals surface area contributed by atoms with Gasteiger partial charge in [-0.3, -0.25) is 0 Å². The van der Waals surface area contributed by atoms with Gasteiger partial charge >= 0.3 is 0 Å². The Bertz CT molecular complexity index is 726. The van der Waals surface area contributed by atoms with Gasteiger partial charge in [0.2, 0.25) is 0 Å². The van der Waals surface area contributed by atoms with Crippen molar-refractivity contribution >= 4 is 11.6 Å². The second-order valence-corrected chi connectivity index (χ2v) is 12.1. The summed E-state index contributed by atoms with van der Waals surface area (Å²) in [6.07, 6.45) is 12.0. The van der Waals surface area contributed by atoms with E-state index in [0.717, 1.165) is 32.1 Å². The minimum absolute atomic E-state index is 0.0902. The molecule has 30 heavy (non-hydrogen) atoms. The summed E-state index contributed by atoms with van der Waals surface area (Å²) in [7, 11) is 0. The van der Waals surface area contributed by atoms with Crippen LogP contribution in [0.5, 0.6) is 0 Å². The largest absolute Gasteiger partial charge is 0.393 e. The predicted molar refractivity (Wildman–Crippen MR) is 126 cm³/mol. The van der Waals surface area contributed by atoms with E-state index in [1.54, 1.807) is 16.7 Å². The van der Waals surface area contributed by atoms with Crippen LogP contribution in [0.15, 0.2) is 22.8 Å². The number of aliphatic hydroxyl groups is 2. The van der Waals surface area contributed by atoms with Gasteiger partial charge in [0, 0.05) is 0 Å². The third-order valence-electron chi connectivity index (χ3n) is 10.2. The van der Waals surface area contributed by atoms with Crippen LogP contribution >= 0.6 is 11.6 Å². The number of halogens is 1. The highest BCUT2D eigenvalue weighted by Gasteiger charge is 2.53. The fourth-order valence-corrected chi connectivity index (χ4v) is 8.18. The Morgan fingerprint density at radius 1 is 1.13 bits per heavy atom. The second-order valence-electron chi connectivity index (χ2n) is 11.6. The van der Waals surface area contributed by atoms with Crippen LogP contribution in [0.1, 0.15) is 92.4 Å². The number of fused-ring (bicyclic) bond motifs is 4. The van der Waals surface area contributed by atoms with Gasteiger partial charge in [-0.25, -0.2) is 0 Å². The van der Waals surface area contributed by atoms with E-state index in [9.17, 15) is 10.2 Å². The highest BCUT2D eigenvalue weighted by atomic mass is 35.5. The lowest BCUT2D eigenvalue weighted by molar-refractivity contribution is 0.0214. The molecule has 1 saturated carbocycles. The molecule has 1 fully saturated rings. The van der Waals surface area contributed by atoms with E-state index in [-0.39, 0.29) is 22.8 Å². The van der Waals surface area contributed by atoms with E-state index in [0.29, 0.717) is 23.2 Å². The third-order valence-corrected chi connectivity index (χ3v) is 10.8. The van der Waals surface area contributed by atoms with E-state index in [1.165, 1.54) is 25.7 Å². The van der Waals surface area contributed by atoms with Gasteiger partial charge in [-0.2, -0.15) is 0 Å². The minimum atomic E-state index is -0.430. The monoisotopic (exact) mass is 434 g/mol. The summed E-state index contributed by atoms with van der Waals surface area (Å²) in [5.41, 5.74) is 5.50. The summed E-state index contributed by atoms with van der Waals surface area (Å²) < 4.78 is 0. The molecular formula is C27H43ClO2. The van der Waals surface area contributed by atoms with Gasteiger partial charge in [0.05, 0.1) is 17.6 Å². The molecular weight excluding hydrogens is 392 g/mol. The fourth-order valence-electron chi connectivity index (χ4n) is 7.75. The maximum absolute atomic E-state index is 10.8. The molecule has 4 aliphatic rings.